The molecular formula is C9H10N6O. The maximum absolute atomic E-state index is 11.6. The highest BCUT2D eigenvalue weighted by Crippen LogP contribution is 1.93. The van der Waals surface area contributed by atoms with Crippen LogP contribution >= 0.6 is 0 Å². The normalized spacial score (nSPS) is 9.19. The molecule has 1 rings (SSSR count). The molecule has 0 spiro atoms. The Morgan fingerprint density at radius 2 is 2.38 bits per heavy atom. The number of nitriles is 2. The van der Waals surface area contributed by atoms with Crippen molar-refractivity contribution in [2.24, 2.45) is 0 Å². The van der Waals surface area contributed by atoms with Crippen LogP contribution in [-0.2, 0) is 11.3 Å². The minimum absolute atomic E-state index is 0.0244. The second-order valence-electron chi connectivity index (χ2n) is 3.10. The third kappa shape index (κ3) is 3.07. The molecule has 0 aliphatic heterocycles. The van der Waals surface area contributed by atoms with E-state index in [2.05, 4.69) is 10.1 Å². The summed E-state index contributed by atoms with van der Waals surface area (Å²) in [7, 11) is 1.61. The maximum Gasteiger partial charge on any atom is 0.252 e. The molecule has 1 aromatic rings. The van der Waals surface area contributed by atoms with E-state index >= 15 is 0 Å². The van der Waals surface area contributed by atoms with Crippen LogP contribution in [0.15, 0.2) is 6.33 Å². The zero-order valence-electron chi connectivity index (χ0n) is 8.79. The first-order valence-electron chi connectivity index (χ1n) is 4.58. The van der Waals surface area contributed by atoms with Crippen molar-refractivity contribution in [3.8, 4) is 12.1 Å². The monoisotopic (exact) mass is 218 g/mol. The minimum atomic E-state index is -0.176. The van der Waals surface area contributed by atoms with Gasteiger partial charge in [-0.25, -0.2) is 9.67 Å². The highest BCUT2D eigenvalue weighted by atomic mass is 16.2. The number of aromatic nitrogens is 3. The average molecular weight is 218 g/mol. The van der Waals surface area contributed by atoms with E-state index in [0.29, 0.717) is 13.0 Å². The highest BCUT2D eigenvalue weighted by molar-refractivity contribution is 5.75. The molecule has 16 heavy (non-hydrogen) atoms. The van der Waals surface area contributed by atoms with E-state index in [-0.39, 0.29) is 18.3 Å². The van der Waals surface area contributed by atoms with Gasteiger partial charge in [-0.05, 0) is 0 Å². The fraction of sp³-hybridized carbons (Fsp3) is 0.444. The summed E-state index contributed by atoms with van der Waals surface area (Å²) in [5.41, 5.74) is 0. The number of likely N-dealkylation sites (N-methyl/N-ethyl adjacent to an activating group) is 1. The topological polar surface area (TPSA) is 98.6 Å². The summed E-state index contributed by atoms with van der Waals surface area (Å²) in [6, 6.07) is 3.73. The summed E-state index contributed by atoms with van der Waals surface area (Å²) in [6.45, 7) is 0.408. The van der Waals surface area contributed by atoms with Gasteiger partial charge in [-0.15, -0.1) is 5.10 Å². The Bertz CT molecular complexity index is 451. The highest BCUT2D eigenvalue weighted by Gasteiger charge is 2.10. The lowest BCUT2D eigenvalue weighted by Gasteiger charge is -2.14. The first-order chi connectivity index (χ1) is 7.67. The van der Waals surface area contributed by atoms with E-state index in [1.165, 1.54) is 15.9 Å². The molecule has 0 bridgehead atoms. The van der Waals surface area contributed by atoms with Crippen LogP contribution in [0.25, 0.3) is 0 Å². The molecule has 0 N–H and O–H groups in total. The number of hydrogen-bond donors (Lipinski definition) is 0. The quantitative estimate of drug-likeness (QED) is 0.679. The van der Waals surface area contributed by atoms with Gasteiger partial charge >= 0.3 is 0 Å². The first kappa shape index (κ1) is 11.7. The molecule has 1 heterocycles. The smallest absolute Gasteiger partial charge is 0.252 e. The number of carbonyl (C=O) groups is 1. The Morgan fingerprint density at radius 1 is 1.62 bits per heavy atom. The van der Waals surface area contributed by atoms with Gasteiger partial charge < -0.3 is 4.90 Å². The van der Waals surface area contributed by atoms with Crippen molar-refractivity contribution in [3.05, 3.63) is 12.2 Å². The molecule has 0 fully saturated rings. The molecule has 0 saturated carbocycles. The van der Waals surface area contributed by atoms with Gasteiger partial charge in [0.05, 0.1) is 12.5 Å². The number of carbonyl (C=O) groups excluding carboxylic acids is 1. The van der Waals surface area contributed by atoms with Gasteiger partial charge in [0.25, 0.3) is 5.82 Å². The van der Waals surface area contributed by atoms with Crippen LogP contribution in [0.5, 0.6) is 0 Å². The third-order valence-electron chi connectivity index (χ3n) is 1.92. The van der Waals surface area contributed by atoms with Crippen molar-refractivity contribution in [2.45, 2.75) is 13.0 Å². The van der Waals surface area contributed by atoms with E-state index in [9.17, 15) is 4.79 Å². The summed E-state index contributed by atoms with van der Waals surface area (Å²) in [5.74, 6) is -0.142. The molecule has 0 atom stereocenters. The SMILES string of the molecule is CN(CCC#N)C(=O)Cn1cnc(C#N)n1. The lowest BCUT2D eigenvalue weighted by molar-refractivity contribution is -0.130. The third-order valence-corrected chi connectivity index (χ3v) is 1.92. The van der Waals surface area contributed by atoms with E-state index in [0.717, 1.165) is 0 Å². The largest absolute Gasteiger partial charge is 0.343 e. The summed E-state index contributed by atoms with van der Waals surface area (Å²) < 4.78 is 1.30. The Balaban J connectivity index is 2.51. The molecule has 0 unspecified atom stereocenters. The van der Waals surface area contributed by atoms with Gasteiger partial charge in [0.15, 0.2) is 0 Å². The molecule has 1 amide bonds. The lowest BCUT2D eigenvalue weighted by Crippen LogP contribution is -2.31. The van der Waals surface area contributed by atoms with Gasteiger partial charge in [-0.2, -0.15) is 10.5 Å². The van der Waals surface area contributed by atoms with Gasteiger partial charge in [0, 0.05) is 13.6 Å². The fourth-order valence-electron chi connectivity index (χ4n) is 1.02. The molecule has 0 aliphatic carbocycles. The van der Waals surface area contributed by atoms with Gasteiger partial charge in [0.2, 0.25) is 5.91 Å². The van der Waals surface area contributed by atoms with Crippen molar-refractivity contribution in [1.29, 1.82) is 10.5 Å². The average Bonchev–Trinajstić information content (AvgIpc) is 2.73. The van der Waals surface area contributed by atoms with Crippen molar-refractivity contribution >= 4 is 5.91 Å². The van der Waals surface area contributed by atoms with Crippen LogP contribution in [-0.4, -0.2) is 39.2 Å². The van der Waals surface area contributed by atoms with Gasteiger partial charge in [-0.3, -0.25) is 4.79 Å². The molecule has 7 nitrogen and oxygen atoms in total. The zero-order chi connectivity index (χ0) is 12.0. The van der Waals surface area contributed by atoms with E-state index in [1.54, 1.807) is 13.1 Å². The molecule has 1 aromatic heterocycles. The summed E-state index contributed by atoms with van der Waals surface area (Å²) in [5, 5.41) is 20.6. The number of nitrogens with zero attached hydrogens (tertiary/aromatic N) is 6. The molecule has 0 saturated heterocycles. The predicted octanol–water partition coefficient (Wildman–Crippen LogP) is -0.478. The molecule has 0 aliphatic rings. The van der Waals surface area contributed by atoms with E-state index in [4.69, 9.17) is 10.5 Å². The molecule has 7 heteroatoms. The fourth-order valence-corrected chi connectivity index (χ4v) is 1.02. The van der Waals surface area contributed by atoms with Crippen molar-refractivity contribution in [2.75, 3.05) is 13.6 Å². The summed E-state index contributed by atoms with van der Waals surface area (Å²) in [4.78, 5) is 16.7. The number of amides is 1. The Labute approximate surface area is 92.5 Å². The molecule has 82 valence electrons. The second-order valence-corrected chi connectivity index (χ2v) is 3.10. The molecular weight excluding hydrogens is 208 g/mol. The van der Waals surface area contributed by atoms with Crippen molar-refractivity contribution in [1.82, 2.24) is 19.7 Å². The zero-order valence-corrected chi connectivity index (χ0v) is 8.79. The van der Waals surface area contributed by atoms with Crippen molar-refractivity contribution < 1.29 is 4.79 Å². The Morgan fingerprint density at radius 3 is 2.94 bits per heavy atom. The van der Waals surface area contributed by atoms with Crippen LogP contribution in [0.1, 0.15) is 12.2 Å². The van der Waals surface area contributed by atoms with E-state index < -0.39 is 0 Å². The standard InChI is InChI=1S/C9H10N6O/c1-14(4-2-3-10)9(16)6-15-7-12-8(5-11)13-15/h7H,2,4,6H2,1H3. The molecule has 0 aromatic carbocycles. The van der Waals surface area contributed by atoms with Gasteiger partial charge in [0.1, 0.15) is 18.9 Å². The Hall–Kier alpha value is -2.41. The maximum atomic E-state index is 11.6. The van der Waals surface area contributed by atoms with Crippen LogP contribution in [0, 0.1) is 22.7 Å². The Kier molecular flexibility index (Phi) is 3.98. The predicted molar refractivity (Wildman–Crippen MR) is 52.6 cm³/mol. The van der Waals surface area contributed by atoms with Crippen LogP contribution in [0.2, 0.25) is 0 Å². The number of hydrogen-bond acceptors (Lipinski definition) is 5. The van der Waals surface area contributed by atoms with E-state index in [1.807, 2.05) is 6.07 Å². The summed E-state index contributed by atoms with van der Waals surface area (Å²) >= 11 is 0. The lowest BCUT2D eigenvalue weighted by atomic mass is 10.4. The second kappa shape index (κ2) is 5.47. The van der Waals surface area contributed by atoms with Crippen LogP contribution < -0.4 is 0 Å². The molecule has 0 radical (unpaired) electrons. The van der Waals surface area contributed by atoms with Crippen LogP contribution in [0.4, 0.5) is 0 Å². The summed E-state index contributed by atoms with van der Waals surface area (Å²) in [6.07, 6.45) is 1.62. The minimum Gasteiger partial charge on any atom is -0.343 e. The van der Waals surface area contributed by atoms with Gasteiger partial charge in [-0.1, -0.05) is 0 Å². The van der Waals surface area contributed by atoms with Crippen molar-refractivity contribution in [3.63, 3.8) is 0 Å². The first-order valence-corrected chi connectivity index (χ1v) is 4.58. The number of rotatable bonds is 4. The van der Waals surface area contributed by atoms with Crippen LogP contribution in [0.3, 0.4) is 0 Å².